The number of hydrogen-bond donors (Lipinski definition) is 0. The molecule has 0 aliphatic rings. The molecule has 0 N–H and O–H groups in total. The van der Waals surface area contributed by atoms with E-state index in [-0.39, 0.29) is 17.7 Å². The first kappa shape index (κ1) is 22.9. The molecule has 0 heterocycles. The highest BCUT2D eigenvalue weighted by atomic mass is 19.1. The van der Waals surface area contributed by atoms with E-state index in [1.54, 1.807) is 13.0 Å². The van der Waals surface area contributed by atoms with E-state index in [0.717, 1.165) is 29.9 Å². The lowest BCUT2D eigenvalue weighted by molar-refractivity contribution is -0.153. The Balaban J connectivity index is 1.99. The molecule has 0 aliphatic carbocycles. The van der Waals surface area contributed by atoms with Crippen molar-refractivity contribution in [3.8, 4) is 16.9 Å². The first-order valence-electron chi connectivity index (χ1n) is 10.7. The van der Waals surface area contributed by atoms with Gasteiger partial charge in [0.15, 0.2) is 0 Å². The van der Waals surface area contributed by atoms with Gasteiger partial charge in [0.25, 0.3) is 0 Å². The molecule has 3 nitrogen and oxygen atoms in total. The van der Waals surface area contributed by atoms with Gasteiger partial charge in [0.1, 0.15) is 17.7 Å². The van der Waals surface area contributed by atoms with Gasteiger partial charge in [-0.2, -0.15) is 0 Å². The summed E-state index contributed by atoms with van der Waals surface area (Å²) in [5, 5.41) is 0. The minimum absolute atomic E-state index is 0.188. The zero-order valence-corrected chi connectivity index (χ0v) is 18.0. The van der Waals surface area contributed by atoms with Gasteiger partial charge in [-0.15, -0.1) is 0 Å². The van der Waals surface area contributed by atoms with Gasteiger partial charge in [0.2, 0.25) is 0 Å². The van der Waals surface area contributed by atoms with Gasteiger partial charge in [-0.25, -0.2) is 4.39 Å². The van der Waals surface area contributed by atoms with E-state index in [0.29, 0.717) is 12.0 Å². The van der Waals surface area contributed by atoms with Gasteiger partial charge in [-0.05, 0) is 49.1 Å². The number of ether oxygens (including phenoxy) is 2. The van der Waals surface area contributed by atoms with Crippen molar-refractivity contribution in [2.45, 2.75) is 65.9 Å². The highest BCUT2D eigenvalue weighted by molar-refractivity contribution is 5.72. The SMILES string of the molecule is CCCCCCOc1ccc(-c2ccc(C(C)OC(=O)C(C)CC)c(F)c2)cc1. The predicted octanol–water partition coefficient (Wildman–Crippen LogP) is 7.10. The zero-order chi connectivity index (χ0) is 21.2. The van der Waals surface area contributed by atoms with Crippen LogP contribution in [0.25, 0.3) is 11.1 Å². The van der Waals surface area contributed by atoms with Crippen molar-refractivity contribution in [3.05, 3.63) is 53.8 Å². The van der Waals surface area contributed by atoms with E-state index in [9.17, 15) is 9.18 Å². The van der Waals surface area contributed by atoms with E-state index in [1.807, 2.05) is 44.2 Å². The van der Waals surface area contributed by atoms with E-state index in [2.05, 4.69) is 6.92 Å². The molecule has 2 atom stereocenters. The molecule has 2 unspecified atom stereocenters. The second-order valence-electron chi connectivity index (χ2n) is 7.56. The Morgan fingerprint density at radius 3 is 2.28 bits per heavy atom. The third-order valence-electron chi connectivity index (χ3n) is 5.20. The van der Waals surface area contributed by atoms with Crippen LogP contribution >= 0.6 is 0 Å². The van der Waals surface area contributed by atoms with Crippen LogP contribution in [0.4, 0.5) is 4.39 Å². The maximum absolute atomic E-state index is 14.7. The van der Waals surface area contributed by atoms with Crippen molar-refractivity contribution in [1.29, 1.82) is 0 Å². The summed E-state index contributed by atoms with van der Waals surface area (Å²) in [5.41, 5.74) is 2.08. The first-order valence-corrected chi connectivity index (χ1v) is 10.7. The van der Waals surface area contributed by atoms with Gasteiger partial charge in [-0.3, -0.25) is 4.79 Å². The molecule has 158 valence electrons. The monoisotopic (exact) mass is 400 g/mol. The summed E-state index contributed by atoms with van der Waals surface area (Å²) < 4.78 is 25.8. The summed E-state index contributed by atoms with van der Waals surface area (Å²) >= 11 is 0. The molecule has 0 aromatic heterocycles. The maximum atomic E-state index is 14.7. The van der Waals surface area contributed by atoms with E-state index in [4.69, 9.17) is 9.47 Å². The Labute approximate surface area is 174 Å². The number of rotatable bonds is 11. The first-order chi connectivity index (χ1) is 14.0. The minimum Gasteiger partial charge on any atom is -0.494 e. The quantitative estimate of drug-likeness (QED) is 0.298. The van der Waals surface area contributed by atoms with E-state index >= 15 is 0 Å². The lowest BCUT2D eigenvalue weighted by Gasteiger charge is -2.17. The number of unbranched alkanes of at least 4 members (excludes halogenated alkanes) is 3. The third kappa shape index (κ3) is 6.88. The summed E-state index contributed by atoms with van der Waals surface area (Å²) in [4.78, 5) is 12.0. The molecule has 0 amide bonds. The van der Waals surface area contributed by atoms with Crippen LogP contribution in [0.2, 0.25) is 0 Å². The molecular weight excluding hydrogens is 367 g/mol. The van der Waals surface area contributed by atoms with Crippen LogP contribution in [-0.2, 0) is 9.53 Å². The van der Waals surface area contributed by atoms with Gasteiger partial charge >= 0.3 is 5.97 Å². The van der Waals surface area contributed by atoms with Gasteiger partial charge in [-0.1, -0.05) is 64.3 Å². The van der Waals surface area contributed by atoms with Crippen molar-refractivity contribution in [1.82, 2.24) is 0 Å². The Morgan fingerprint density at radius 2 is 1.66 bits per heavy atom. The highest BCUT2D eigenvalue weighted by Crippen LogP contribution is 2.28. The molecule has 0 saturated heterocycles. The van der Waals surface area contributed by atoms with Gasteiger partial charge in [0.05, 0.1) is 12.5 Å². The number of halogens is 1. The molecular formula is C25H33FO3. The van der Waals surface area contributed by atoms with Crippen molar-refractivity contribution in [3.63, 3.8) is 0 Å². The number of carbonyl (C=O) groups is 1. The summed E-state index contributed by atoms with van der Waals surface area (Å²) in [6.45, 7) is 8.35. The fourth-order valence-corrected chi connectivity index (χ4v) is 3.02. The summed E-state index contributed by atoms with van der Waals surface area (Å²) in [7, 11) is 0. The van der Waals surface area contributed by atoms with Crippen LogP contribution in [0, 0.1) is 11.7 Å². The van der Waals surface area contributed by atoms with Crippen molar-refractivity contribution >= 4 is 5.97 Å². The van der Waals surface area contributed by atoms with Crippen LogP contribution < -0.4 is 4.74 Å². The fourth-order valence-electron chi connectivity index (χ4n) is 3.02. The van der Waals surface area contributed by atoms with E-state index in [1.165, 1.54) is 25.3 Å². The third-order valence-corrected chi connectivity index (χ3v) is 5.20. The summed E-state index contributed by atoms with van der Waals surface area (Å²) in [5.74, 6) is -0.0305. The fraction of sp³-hybridized carbons (Fsp3) is 0.480. The number of esters is 1. The molecule has 0 saturated carbocycles. The van der Waals surface area contributed by atoms with Crippen LogP contribution in [0.15, 0.2) is 42.5 Å². The summed E-state index contributed by atoms with van der Waals surface area (Å²) in [6, 6.07) is 12.7. The van der Waals surface area contributed by atoms with Crippen LogP contribution in [-0.4, -0.2) is 12.6 Å². The normalized spacial score (nSPS) is 13.0. The van der Waals surface area contributed by atoms with Crippen molar-refractivity contribution in [2.24, 2.45) is 5.92 Å². The van der Waals surface area contributed by atoms with Crippen LogP contribution in [0.1, 0.15) is 71.5 Å². The molecule has 4 heteroatoms. The Hall–Kier alpha value is -2.36. The minimum atomic E-state index is -0.617. The summed E-state index contributed by atoms with van der Waals surface area (Å²) in [6.07, 6.45) is 4.77. The van der Waals surface area contributed by atoms with Gasteiger partial charge < -0.3 is 9.47 Å². The standard InChI is InChI=1S/C25H33FO3/c1-5-7-8-9-16-28-22-13-10-20(11-14-22)21-12-15-23(24(26)17-21)19(4)29-25(27)18(3)6-2/h10-15,17-19H,5-9,16H2,1-4H3. The molecule has 0 radical (unpaired) electrons. The zero-order valence-electron chi connectivity index (χ0n) is 18.0. The molecule has 0 bridgehead atoms. The Morgan fingerprint density at radius 1 is 0.966 bits per heavy atom. The Kier molecular flexibility index (Phi) is 9.17. The van der Waals surface area contributed by atoms with Crippen molar-refractivity contribution in [2.75, 3.05) is 6.61 Å². The number of carbonyl (C=O) groups excluding carboxylic acids is 1. The number of hydrogen-bond acceptors (Lipinski definition) is 3. The predicted molar refractivity (Wildman–Crippen MR) is 115 cm³/mol. The molecule has 2 rings (SSSR count). The van der Waals surface area contributed by atoms with Gasteiger partial charge in [0, 0.05) is 5.56 Å². The van der Waals surface area contributed by atoms with Crippen LogP contribution in [0.3, 0.4) is 0 Å². The second-order valence-corrected chi connectivity index (χ2v) is 7.56. The number of benzene rings is 2. The average molecular weight is 401 g/mol. The average Bonchev–Trinajstić information content (AvgIpc) is 2.73. The van der Waals surface area contributed by atoms with E-state index < -0.39 is 6.10 Å². The molecule has 0 fully saturated rings. The maximum Gasteiger partial charge on any atom is 0.309 e. The van der Waals surface area contributed by atoms with Crippen LogP contribution in [0.5, 0.6) is 5.75 Å². The molecule has 29 heavy (non-hydrogen) atoms. The van der Waals surface area contributed by atoms with Crippen molar-refractivity contribution < 1.29 is 18.7 Å². The second kappa shape index (κ2) is 11.6. The largest absolute Gasteiger partial charge is 0.494 e. The lowest BCUT2D eigenvalue weighted by atomic mass is 10.0. The smallest absolute Gasteiger partial charge is 0.309 e. The molecule has 2 aromatic rings. The molecule has 0 aliphatic heterocycles. The highest BCUT2D eigenvalue weighted by Gasteiger charge is 2.19. The lowest BCUT2D eigenvalue weighted by Crippen LogP contribution is -2.16. The molecule has 2 aromatic carbocycles. The topological polar surface area (TPSA) is 35.5 Å². The molecule has 0 spiro atoms. The Bertz CT molecular complexity index is 770.